The summed E-state index contributed by atoms with van der Waals surface area (Å²) < 4.78 is 22.6. The third-order valence-corrected chi connectivity index (χ3v) is 6.42. The fraction of sp³-hybridized carbons (Fsp3) is 0.111. The summed E-state index contributed by atoms with van der Waals surface area (Å²) in [6.45, 7) is 1.75. The van der Waals surface area contributed by atoms with Crippen molar-refractivity contribution in [2.75, 3.05) is 13.7 Å². The second-order valence-corrected chi connectivity index (χ2v) is 8.62. The summed E-state index contributed by atoms with van der Waals surface area (Å²) >= 11 is 1.28. The van der Waals surface area contributed by atoms with Gasteiger partial charge in [-0.15, -0.1) is 11.3 Å². The van der Waals surface area contributed by atoms with E-state index < -0.39 is 17.4 Å². The zero-order valence-corrected chi connectivity index (χ0v) is 20.1. The van der Waals surface area contributed by atoms with Crippen LogP contribution in [-0.2, 0) is 4.74 Å². The lowest BCUT2D eigenvalue weighted by Crippen LogP contribution is -2.15. The van der Waals surface area contributed by atoms with E-state index in [0.29, 0.717) is 16.3 Å². The van der Waals surface area contributed by atoms with Crippen LogP contribution in [0.25, 0.3) is 31.8 Å². The van der Waals surface area contributed by atoms with Gasteiger partial charge in [0.2, 0.25) is 11.2 Å². The lowest BCUT2D eigenvalue weighted by atomic mass is 10.1. The summed E-state index contributed by atoms with van der Waals surface area (Å²) in [5.74, 6) is -1.21. The number of para-hydroxylation sites is 2. The van der Waals surface area contributed by atoms with Gasteiger partial charge in [-0.05, 0) is 43.3 Å². The maximum Gasteiger partial charge on any atom is 0.375 e. The summed E-state index contributed by atoms with van der Waals surface area (Å²) in [6.07, 6.45) is 0. The molecular formula is C27H19NO7S. The molecule has 0 aliphatic carbocycles. The molecule has 0 aliphatic heterocycles. The molecule has 0 unspecified atom stereocenters. The number of aromatic nitrogens is 1. The molecule has 8 nitrogen and oxygen atoms in total. The Morgan fingerprint density at radius 2 is 1.78 bits per heavy atom. The Hall–Kier alpha value is -4.50. The van der Waals surface area contributed by atoms with Crippen molar-refractivity contribution >= 4 is 44.5 Å². The second-order valence-electron chi connectivity index (χ2n) is 7.59. The zero-order valence-electron chi connectivity index (χ0n) is 19.3. The van der Waals surface area contributed by atoms with Crippen LogP contribution in [0.1, 0.15) is 27.8 Å². The van der Waals surface area contributed by atoms with E-state index in [9.17, 15) is 14.4 Å². The van der Waals surface area contributed by atoms with Gasteiger partial charge in [0.25, 0.3) is 0 Å². The monoisotopic (exact) mass is 501 g/mol. The first kappa shape index (κ1) is 23.3. The van der Waals surface area contributed by atoms with Crippen LogP contribution < -0.4 is 14.9 Å². The molecule has 2 aromatic heterocycles. The van der Waals surface area contributed by atoms with Gasteiger partial charge in [-0.1, -0.05) is 24.3 Å². The number of thiazole rings is 1. The molecule has 9 heteroatoms. The Kier molecular flexibility index (Phi) is 6.22. The number of nitrogens with zero attached hydrogens (tertiary/aromatic N) is 1. The van der Waals surface area contributed by atoms with Gasteiger partial charge in [0, 0.05) is 6.07 Å². The molecule has 5 aromatic rings. The number of rotatable bonds is 6. The van der Waals surface area contributed by atoms with Crippen molar-refractivity contribution in [1.82, 2.24) is 4.98 Å². The van der Waals surface area contributed by atoms with Crippen LogP contribution in [0.2, 0.25) is 0 Å². The van der Waals surface area contributed by atoms with Gasteiger partial charge in [-0.2, -0.15) is 0 Å². The van der Waals surface area contributed by atoms with Crippen molar-refractivity contribution in [2.24, 2.45) is 0 Å². The third-order valence-electron chi connectivity index (χ3n) is 5.37. The van der Waals surface area contributed by atoms with Gasteiger partial charge in [0.1, 0.15) is 33.2 Å². The molecule has 0 N–H and O–H groups in total. The van der Waals surface area contributed by atoms with E-state index in [1.54, 1.807) is 31.2 Å². The van der Waals surface area contributed by atoms with Crippen molar-refractivity contribution in [3.63, 3.8) is 0 Å². The topological polar surface area (TPSA) is 105 Å². The van der Waals surface area contributed by atoms with E-state index in [4.69, 9.17) is 18.6 Å². The fourth-order valence-electron chi connectivity index (χ4n) is 3.73. The highest BCUT2D eigenvalue weighted by molar-refractivity contribution is 7.21. The minimum Gasteiger partial charge on any atom is -0.496 e. The van der Waals surface area contributed by atoms with Crippen LogP contribution >= 0.6 is 11.3 Å². The van der Waals surface area contributed by atoms with E-state index in [1.807, 2.05) is 24.3 Å². The van der Waals surface area contributed by atoms with E-state index in [-0.39, 0.29) is 40.2 Å². The maximum atomic E-state index is 13.5. The van der Waals surface area contributed by atoms with Gasteiger partial charge in [-0.3, -0.25) is 4.79 Å². The number of hydrogen-bond acceptors (Lipinski definition) is 9. The minimum atomic E-state index is -0.790. The van der Waals surface area contributed by atoms with Crippen LogP contribution in [-0.4, -0.2) is 30.6 Å². The first-order chi connectivity index (χ1) is 17.5. The van der Waals surface area contributed by atoms with Crippen LogP contribution in [0.5, 0.6) is 11.5 Å². The summed E-state index contributed by atoms with van der Waals surface area (Å²) in [5.41, 5.74) is 0.588. The largest absolute Gasteiger partial charge is 0.496 e. The molecule has 180 valence electrons. The molecular weight excluding hydrogens is 482 g/mol. The SMILES string of the molecule is CCOC(=O)c1oc2cc(OC(=O)c3ccccc3OC)ccc2c(=O)c1-c1nc2ccccc2s1. The molecule has 36 heavy (non-hydrogen) atoms. The van der Waals surface area contributed by atoms with Gasteiger partial charge in [-0.25, -0.2) is 14.6 Å². The lowest BCUT2D eigenvalue weighted by molar-refractivity contribution is 0.0491. The second kappa shape index (κ2) is 9.63. The van der Waals surface area contributed by atoms with E-state index >= 15 is 0 Å². The number of carbonyl (C=O) groups is 2. The van der Waals surface area contributed by atoms with Gasteiger partial charge in [0.05, 0.1) is 29.3 Å². The molecule has 0 aliphatic rings. The molecule has 5 rings (SSSR count). The maximum absolute atomic E-state index is 13.5. The first-order valence-corrected chi connectivity index (χ1v) is 11.8. The summed E-state index contributed by atoms with van der Waals surface area (Å²) in [7, 11) is 1.46. The number of esters is 2. The number of methoxy groups -OCH3 is 1. The number of fused-ring (bicyclic) bond motifs is 2. The Bertz CT molecular complexity index is 1650. The molecule has 2 heterocycles. The first-order valence-electron chi connectivity index (χ1n) is 11.0. The predicted octanol–water partition coefficient (Wildman–Crippen LogP) is 5.47. The van der Waals surface area contributed by atoms with Gasteiger partial charge in [0.15, 0.2) is 0 Å². The van der Waals surface area contributed by atoms with Gasteiger partial charge >= 0.3 is 11.9 Å². The molecule has 0 saturated carbocycles. The minimum absolute atomic E-state index is 0.0286. The summed E-state index contributed by atoms with van der Waals surface area (Å²) in [6, 6.07) is 18.4. The Morgan fingerprint density at radius 1 is 1.00 bits per heavy atom. The third kappa shape index (κ3) is 4.20. The van der Waals surface area contributed by atoms with Crippen LogP contribution in [0.4, 0.5) is 0 Å². The Balaban J connectivity index is 1.61. The number of benzene rings is 3. The predicted molar refractivity (Wildman–Crippen MR) is 135 cm³/mol. The van der Waals surface area contributed by atoms with Crippen LogP contribution in [0.3, 0.4) is 0 Å². The Morgan fingerprint density at radius 3 is 2.56 bits per heavy atom. The van der Waals surface area contributed by atoms with E-state index in [1.165, 1.54) is 36.6 Å². The average molecular weight is 502 g/mol. The molecule has 0 saturated heterocycles. The number of ether oxygens (including phenoxy) is 3. The van der Waals surface area contributed by atoms with E-state index in [2.05, 4.69) is 4.98 Å². The number of carbonyl (C=O) groups excluding carboxylic acids is 2. The Labute approximate surface area is 208 Å². The van der Waals surface area contributed by atoms with E-state index in [0.717, 1.165) is 4.70 Å². The fourth-order valence-corrected chi connectivity index (χ4v) is 4.73. The van der Waals surface area contributed by atoms with Crippen molar-refractivity contribution in [3.8, 4) is 22.1 Å². The van der Waals surface area contributed by atoms with Crippen LogP contribution in [0, 0.1) is 0 Å². The standard InChI is InChI=1S/C27H19NO7S/c1-3-33-27(31)24-22(25-28-18-9-5-7-11-21(18)36-25)23(29)16-13-12-15(14-20(16)35-24)34-26(30)17-8-4-6-10-19(17)32-2/h4-14H,3H2,1-2H3. The molecule has 0 fully saturated rings. The highest BCUT2D eigenvalue weighted by Gasteiger charge is 2.26. The average Bonchev–Trinajstić information content (AvgIpc) is 3.32. The highest BCUT2D eigenvalue weighted by atomic mass is 32.1. The van der Waals surface area contributed by atoms with Crippen molar-refractivity contribution in [3.05, 3.63) is 88.3 Å². The molecule has 3 aromatic carbocycles. The molecule has 0 spiro atoms. The quantitative estimate of drug-likeness (QED) is 0.223. The molecule has 0 radical (unpaired) electrons. The smallest absolute Gasteiger partial charge is 0.375 e. The van der Waals surface area contributed by atoms with Crippen molar-refractivity contribution < 1.29 is 28.2 Å². The molecule has 0 atom stereocenters. The lowest BCUT2D eigenvalue weighted by Gasteiger charge is -2.10. The normalized spacial score (nSPS) is 10.9. The zero-order chi connectivity index (χ0) is 25.2. The number of hydrogen-bond donors (Lipinski definition) is 0. The summed E-state index contributed by atoms with van der Waals surface area (Å²) in [5, 5.41) is 0.552. The molecule has 0 bridgehead atoms. The highest BCUT2D eigenvalue weighted by Crippen LogP contribution is 2.33. The van der Waals surface area contributed by atoms with Crippen molar-refractivity contribution in [1.29, 1.82) is 0 Å². The summed E-state index contributed by atoms with van der Waals surface area (Å²) in [4.78, 5) is 43.6. The van der Waals surface area contributed by atoms with Crippen molar-refractivity contribution in [2.45, 2.75) is 6.92 Å². The van der Waals surface area contributed by atoms with Gasteiger partial charge < -0.3 is 18.6 Å². The van der Waals surface area contributed by atoms with Crippen LogP contribution in [0.15, 0.2) is 75.9 Å². The molecule has 0 amide bonds.